The smallest absolute Gasteiger partial charge is 0.326 e. The number of aryl methyl sites for hydroxylation is 2. The first-order valence-corrected chi connectivity index (χ1v) is 10.5. The highest BCUT2D eigenvalue weighted by Crippen LogP contribution is 2.36. The fraction of sp³-hybridized carbons (Fsp3) is 0.381. The molecular weight excluding hydrogens is 372 g/mol. The van der Waals surface area contributed by atoms with Gasteiger partial charge in [-0.15, -0.1) is 11.8 Å². The average Bonchev–Trinajstić information content (AvgIpc) is 2.67. The lowest BCUT2D eigenvalue weighted by atomic mass is 10.1. The topological polar surface area (TPSA) is 74.3 Å². The predicted octanol–water partition coefficient (Wildman–Crippen LogP) is 4.37. The molecule has 1 aromatic carbocycles. The third-order valence-electron chi connectivity index (χ3n) is 4.71. The number of aromatic nitrogens is 1. The van der Waals surface area contributed by atoms with Crippen molar-refractivity contribution in [2.75, 3.05) is 22.5 Å². The molecule has 0 aliphatic carbocycles. The molecule has 1 atom stereocenters. The minimum absolute atomic E-state index is 0.104. The second kappa shape index (κ2) is 8.65. The van der Waals surface area contributed by atoms with E-state index in [9.17, 15) is 9.59 Å². The summed E-state index contributed by atoms with van der Waals surface area (Å²) in [7, 11) is 0. The number of carbonyl (C=O) groups is 2. The molecule has 1 aromatic heterocycles. The predicted molar refractivity (Wildman–Crippen MR) is 114 cm³/mol. The van der Waals surface area contributed by atoms with E-state index in [2.05, 4.69) is 15.6 Å². The van der Waals surface area contributed by atoms with Gasteiger partial charge in [0.05, 0.1) is 5.69 Å². The second-order valence-electron chi connectivity index (χ2n) is 7.03. The zero-order chi connectivity index (χ0) is 20.3. The van der Waals surface area contributed by atoms with Gasteiger partial charge in [-0.05, 0) is 57.0 Å². The van der Waals surface area contributed by atoms with Gasteiger partial charge in [0.1, 0.15) is 5.03 Å². The van der Waals surface area contributed by atoms with Crippen LogP contribution in [0.15, 0.2) is 35.4 Å². The first-order chi connectivity index (χ1) is 13.4. The van der Waals surface area contributed by atoms with Crippen LogP contribution in [0.3, 0.4) is 0 Å². The molecule has 2 aromatic rings. The third kappa shape index (κ3) is 4.47. The number of anilines is 2. The number of hydrogen-bond acceptors (Lipinski definition) is 4. The number of urea groups is 1. The molecule has 0 fully saturated rings. The molecule has 6 nitrogen and oxygen atoms in total. The van der Waals surface area contributed by atoms with E-state index in [-0.39, 0.29) is 18.0 Å². The van der Waals surface area contributed by atoms with Crippen LogP contribution in [0.4, 0.5) is 16.2 Å². The number of hydrogen-bond donors (Lipinski definition) is 2. The van der Waals surface area contributed by atoms with Gasteiger partial charge in [-0.2, -0.15) is 0 Å². The molecule has 3 amide bonds. The van der Waals surface area contributed by atoms with Crippen molar-refractivity contribution in [2.24, 2.45) is 0 Å². The lowest BCUT2D eigenvalue weighted by Crippen LogP contribution is -2.39. The summed E-state index contributed by atoms with van der Waals surface area (Å²) in [6.45, 7) is 8.56. The standard InChI is InChI=1S/C21H26N4O2S/c1-5-14(3)22-19(26)16-7-6-8-17(12-16)24-21(27)25-9-10-28-20-18(25)13(2)11-15(4)23-20/h6-8,11-12,14H,5,9-10H2,1-4H3,(H,22,26)(H,24,27)/t14-/m1/s1. The second-order valence-corrected chi connectivity index (χ2v) is 8.11. The molecule has 7 heteroatoms. The largest absolute Gasteiger partial charge is 0.350 e. The third-order valence-corrected chi connectivity index (χ3v) is 5.66. The summed E-state index contributed by atoms with van der Waals surface area (Å²) in [4.78, 5) is 31.6. The average molecular weight is 399 g/mol. The highest BCUT2D eigenvalue weighted by molar-refractivity contribution is 7.99. The number of nitrogens with one attached hydrogen (secondary N) is 2. The molecule has 148 valence electrons. The van der Waals surface area contributed by atoms with E-state index < -0.39 is 0 Å². The van der Waals surface area contributed by atoms with Crippen LogP contribution in [0.25, 0.3) is 0 Å². The van der Waals surface area contributed by atoms with Crippen LogP contribution in [0.5, 0.6) is 0 Å². The van der Waals surface area contributed by atoms with E-state index in [1.54, 1.807) is 40.9 Å². The minimum Gasteiger partial charge on any atom is -0.350 e. The van der Waals surface area contributed by atoms with E-state index in [4.69, 9.17) is 0 Å². The SMILES string of the molecule is CC[C@@H](C)NC(=O)c1cccc(NC(=O)N2CCSc3nc(C)cc(C)c32)c1. The van der Waals surface area contributed by atoms with Gasteiger partial charge >= 0.3 is 6.03 Å². The Morgan fingerprint density at radius 1 is 1.29 bits per heavy atom. The number of benzene rings is 1. The molecule has 0 spiro atoms. The van der Waals surface area contributed by atoms with Gasteiger partial charge in [-0.25, -0.2) is 9.78 Å². The van der Waals surface area contributed by atoms with Gasteiger partial charge in [-0.1, -0.05) is 13.0 Å². The van der Waals surface area contributed by atoms with Crippen LogP contribution in [0.1, 0.15) is 41.9 Å². The van der Waals surface area contributed by atoms with Crippen molar-refractivity contribution < 1.29 is 9.59 Å². The fourth-order valence-corrected chi connectivity index (χ4v) is 4.20. The van der Waals surface area contributed by atoms with E-state index >= 15 is 0 Å². The number of pyridine rings is 1. The summed E-state index contributed by atoms with van der Waals surface area (Å²) < 4.78 is 0. The summed E-state index contributed by atoms with van der Waals surface area (Å²) in [6.07, 6.45) is 0.863. The Hall–Kier alpha value is -2.54. The molecule has 1 aliphatic heterocycles. The van der Waals surface area contributed by atoms with Crippen molar-refractivity contribution in [2.45, 2.75) is 45.2 Å². The van der Waals surface area contributed by atoms with Gasteiger partial charge in [0.15, 0.2) is 0 Å². The zero-order valence-electron chi connectivity index (χ0n) is 16.7. The maximum absolute atomic E-state index is 12.9. The summed E-state index contributed by atoms with van der Waals surface area (Å²) in [5.74, 6) is 0.661. The summed E-state index contributed by atoms with van der Waals surface area (Å²) in [5.41, 5.74) is 3.98. The Balaban J connectivity index is 1.78. The highest BCUT2D eigenvalue weighted by Gasteiger charge is 2.26. The van der Waals surface area contributed by atoms with Crippen LogP contribution in [0.2, 0.25) is 0 Å². The lowest BCUT2D eigenvalue weighted by Gasteiger charge is -2.30. The molecule has 0 saturated carbocycles. The van der Waals surface area contributed by atoms with E-state index in [1.807, 2.05) is 33.8 Å². The van der Waals surface area contributed by atoms with Crippen molar-refractivity contribution in [3.8, 4) is 0 Å². The van der Waals surface area contributed by atoms with E-state index in [0.29, 0.717) is 17.8 Å². The monoisotopic (exact) mass is 398 g/mol. The van der Waals surface area contributed by atoms with Crippen LogP contribution >= 0.6 is 11.8 Å². The molecule has 28 heavy (non-hydrogen) atoms. The molecule has 3 rings (SSSR count). The van der Waals surface area contributed by atoms with Crippen LogP contribution in [0, 0.1) is 13.8 Å². The van der Waals surface area contributed by atoms with Gasteiger partial charge in [0.25, 0.3) is 5.91 Å². The van der Waals surface area contributed by atoms with Crippen molar-refractivity contribution in [1.82, 2.24) is 10.3 Å². The fourth-order valence-electron chi connectivity index (χ4n) is 3.11. The van der Waals surface area contributed by atoms with Crippen molar-refractivity contribution in [3.63, 3.8) is 0 Å². The van der Waals surface area contributed by atoms with Crippen molar-refractivity contribution >= 4 is 35.1 Å². The Bertz CT molecular complexity index is 900. The van der Waals surface area contributed by atoms with E-state index in [0.717, 1.165) is 34.1 Å². The van der Waals surface area contributed by atoms with Crippen LogP contribution in [-0.2, 0) is 0 Å². The molecule has 1 aliphatic rings. The number of thioether (sulfide) groups is 1. The number of carbonyl (C=O) groups excluding carboxylic acids is 2. The first kappa shape index (κ1) is 20.2. The normalized spacial score (nSPS) is 14.2. The quantitative estimate of drug-likeness (QED) is 0.802. The molecule has 0 bridgehead atoms. The van der Waals surface area contributed by atoms with Gasteiger partial charge in [0.2, 0.25) is 0 Å². The highest BCUT2D eigenvalue weighted by atomic mass is 32.2. The van der Waals surface area contributed by atoms with Gasteiger partial charge in [0, 0.05) is 35.3 Å². The van der Waals surface area contributed by atoms with Crippen molar-refractivity contribution in [1.29, 1.82) is 0 Å². The Morgan fingerprint density at radius 2 is 2.07 bits per heavy atom. The van der Waals surface area contributed by atoms with Gasteiger partial charge in [-0.3, -0.25) is 9.69 Å². The Morgan fingerprint density at radius 3 is 2.82 bits per heavy atom. The number of amides is 3. The van der Waals surface area contributed by atoms with Crippen molar-refractivity contribution in [3.05, 3.63) is 47.2 Å². The first-order valence-electron chi connectivity index (χ1n) is 9.49. The van der Waals surface area contributed by atoms with Crippen LogP contribution < -0.4 is 15.5 Å². The molecule has 0 saturated heterocycles. The number of rotatable bonds is 4. The minimum atomic E-state index is -0.213. The number of nitrogens with zero attached hydrogens (tertiary/aromatic N) is 2. The van der Waals surface area contributed by atoms with Gasteiger partial charge < -0.3 is 10.6 Å². The Labute approximate surface area is 170 Å². The maximum Gasteiger partial charge on any atom is 0.326 e. The molecule has 2 heterocycles. The zero-order valence-corrected chi connectivity index (χ0v) is 17.5. The van der Waals surface area contributed by atoms with E-state index in [1.165, 1.54) is 0 Å². The number of fused-ring (bicyclic) bond motifs is 1. The summed E-state index contributed by atoms with van der Waals surface area (Å²) in [6, 6.07) is 8.90. The maximum atomic E-state index is 12.9. The molecule has 0 radical (unpaired) electrons. The molecule has 2 N–H and O–H groups in total. The Kier molecular flexibility index (Phi) is 6.24. The summed E-state index contributed by atoms with van der Waals surface area (Å²) in [5, 5.41) is 6.76. The lowest BCUT2D eigenvalue weighted by molar-refractivity contribution is 0.0939. The summed E-state index contributed by atoms with van der Waals surface area (Å²) >= 11 is 1.67. The van der Waals surface area contributed by atoms with Crippen LogP contribution in [-0.4, -0.2) is 35.3 Å². The molecule has 0 unspecified atom stereocenters. The molecular formula is C21H26N4O2S.